The number of aliphatic imine (C=N–C) groups is 1. The summed E-state index contributed by atoms with van der Waals surface area (Å²) in [5.41, 5.74) is 2.60. The van der Waals surface area contributed by atoms with E-state index in [2.05, 4.69) is 4.99 Å². The van der Waals surface area contributed by atoms with Gasteiger partial charge in [-0.15, -0.1) is 0 Å². The van der Waals surface area contributed by atoms with Gasteiger partial charge in [0.05, 0.1) is 11.3 Å². The zero-order chi connectivity index (χ0) is 19.8. The van der Waals surface area contributed by atoms with Gasteiger partial charge < -0.3 is 9.84 Å². The number of carboxylic acids is 1. The van der Waals surface area contributed by atoms with Gasteiger partial charge in [0, 0.05) is 12.3 Å². The summed E-state index contributed by atoms with van der Waals surface area (Å²) >= 11 is 0. The molecule has 0 heterocycles. The van der Waals surface area contributed by atoms with Crippen LogP contribution in [0.1, 0.15) is 21.5 Å². The Hall–Kier alpha value is -3.99. The highest BCUT2D eigenvalue weighted by Crippen LogP contribution is 2.15. The van der Waals surface area contributed by atoms with Crippen LogP contribution in [0.25, 0.3) is 6.08 Å². The van der Waals surface area contributed by atoms with E-state index in [1.165, 1.54) is 18.2 Å². The Balaban J connectivity index is 1.57. The largest absolute Gasteiger partial charge is 0.478 e. The van der Waals surface area contributed by atoms with E-state index in [0.29, 0.717) is 11.4 Å². The molecule has 3 rings (SSSR count). The number of hydrogen-bond acceptors (Lipinski definition) is 4. The van der Waals surface area contributed by atoms with E-state index in [9.17, 15) is 9.59 Å². The lowest BCUT2D eigenvalue weighted by Gasteiger charge is -2.02. The van der Waals surface area contributed by atoms with Gasteiger partial charge in [0.15, 0.2) is 0 Å². The molecule has 5 heteroatoms. The Morgan fingerprint density at radius 3 is 2.14 bits per heavy atom. The van der Waals surface area contributed by atoms with E-state index in [4.69, 9.17) is 9.84 Å². The topological polar surface area (TPSA) is 76.0 Å². The van der Waals surface area contributed by atoms with Crippen molar-refractivity contribution in [2.45, 2.75) is 0 Å². The minimum atomic E-state index is -0.973. The quantitative estimate of drug-likeness (QED) is 0.293. The molecule has 0 spiro atoms. The molecule has 138 valence electrons. The fourth-order valence-electron chi connectivity index (χ4n) is 2.34. The van der Waals surface area contributed by atoms with Gasteiger partial charge in [-0.1, -0.05) is 30.3 Å². The van der Waals surface area contributed by atoms with Crippen LogP contribution in [0.4, 0.5) is 5.69 Å². The van der Waals surface area contributed by atoms with Crippen molar-refractivity contribution >= 4 is 29.9 Å². The second-order valence-electron chi connectivity index (χ2n) is 5.84. The maximum absolute atomic E-state index is 11.9. The maximum atomic E-state index is 11.9. The van der Waals surface area contributed by atoms with Crippen LogP contribution in [0.3, 0.4) is 0 Å². The molecule has 0 unspecified atom stereocenters. The van der Waals surface area contributed by atoms with Crippen molar-refractivity contribution < 1.29 is 19.4 Å². The first-order valence-electron chi connectivity index (χ1n) is 8.52. The number of esters is 1. The van der Waals surface area contributed by atoms with Crippen LogP contribution in [-0.4, -0.2) is 23.3 Å². The van der Waals surface area contributed by atoms with E-state index in [0.717, 1.165) is 11.1 Å². The van der Waals surface area contributed by atoms with Crippen LogP contribution in [0.2, 0.25) is 0 Å². The molecule has 0 saturated carbocycles. The summed E-state index contributed by atoms with van der Waals surface area (Å²) in [6.45, 7) is 0. The number of rotatable bonds is 6. The Morgan fingerprint density at radius 1 is 0.821 bits per heavy atom. The first-order valence-corrected chi connectivity index (χ1v) is 8.52. The second kappa shape index (κ2) is 9.09. The summed E-state index contributed by atoms with van der Waals surface area (Å²) < 4.78 is 5.26. The highest BCUT2D eigenvalue weighted by molar-refractivity contribution is 5.89. The Kier molecular flexibility index (Phi) is 6.10. The Labute approximate surface area is 162 Å². The number of benzene rings is 3. The molecule has 0 bridgehead atoms. The third-order valence-electron chi connectivity index (χ3n) is 3.79. The van der Waals surface area contributed by atoms with E-state index >= 15 is 0 Å². The lowest BCUT2D eigenvalue weighted by atomic mass is 10.2. The molecule has 0 amide bonds. The summed E-state index contributed by atoms with van der Waals surface area (Å²) in [7, 11) is 0. The van der Waals surface area contributed by atoms with Crippen molar-refractivity contribution in [1.82, 2.24) is 0 Å². The molecule has 0 fully saturated rings. The number of carbonyl (C=O) groups excluding carboxylic acids is 1. The standard InChI is InChI=1S/C23H17NO4/c25-22(15-8-17-4-2-1-3-5-17)28-21-13-6-18(7-14-21)16-24-20-11-9-19(10-12-20)23(26)27/h1-16H,(H,26,27). The van der Waals surface area contributed by atoms with Crippen molar-refractivity contribution in [2.75, 3.05) is 0 Å². The van der Waals surface area contributed by atoms with Gasteiger partial charge in [0.2, 0.25) is 0 Å². The minimum Gasteiger partial charge on any atom is -0.478 e. The van der Waals surface area contributed by atoms with E-state index in [-0.39, 0.29) is 5.56 Å². The third-order valence-corrected chi connectivity index (χ3v) is 3.79. The smallest absolute Gasteiger partial charge is 0.336 e. The molecular weight excluding hydrogens is 354 g/mol. The summed E-state index contributed by atoms with van der Waals surface area (Å²) in [5, 5.41) is 8.89. The summed E-state index contributed by atoms with van der Waals surface area (Å²) in [6.07, 6.45) is 4.72. The van der Waals surface area contributed by atoms with Crippen LogP contribution >= 0.6 is 0 Å². The molecule has 0 saturated heterocycles. The molecule has 5 nitrogen and oxygen atoms in total. The molecule has 0 aliphatic heterocycles. The number of carboxylic acid groups (broad SMARTS) is 1. The van der Waals surface area contributed by atoms with E-state index in [1.807, 2.05) is 30.3 Å². The zero-order valence-electron chi connectivity index (χ0n) is 14.9. The number of aromatic carboxylic acids is 1. The first kappa shape index (κ1) is 18.8. The second-order valence-corrected chi connectivity index (χ2v) is 5.84. The molecule has 3 aromatic carbocycles. The van der Waals surface area contributed by atoms with Crippen molar-refractivity contribution in [1.29, 1.82) is 0 Å². The molecule has 0 atom stereocenters. The lowest BCUT2D eigenvalue weighted by molar-refractivity contribution is -0.128. The molecule has 3 aromatic rings. The predicted octanol–water partition coefficient (Wildman–Crippen LogP) is 4.75. The monoisotopic (exact) mass is 371 g/mol. The number of carbonyl (C=O) groups is 2. The van der Waals surface area contributed by atoms with Gasteiger partial charge in [0.1, 0.15) is 5.75 Å². The minimum absolute atomic E-state index is 0.214. The lowest BCUT2D eigenvalue weighted by Crippen LogP contribution is -2.03. The van der Waals surface area contributed by atoms with Gasteiger partial charge in [-0.3, -0.25) is 4.99 Å². The van der Waals surface area contributed by atoms with Gasteiger partial charge in [-0.05, 0) is 65.7 Å². The van der Waals surface area contributed by atoms with Gasteiger partial charge in [-0.25, -0.2) is 9.59 Å². The summed E-state index contributed by atoms with van der Waals surface area (Å²) in [5.74, 6) is -0.992. The van der Waals surface area contributed by atoms with Crippen LogP contribution in [-0.2, 0) is 4.79 Å². The maximum Gasteiger partial charge on any atom is 0.336 e. The number of hydrogen-bond donors (Lipinski definition) is 1. The van der Waals surface area contributed by atoms with Crippen molar-refractivity contribution in [3.05, 3.63) is 102 Å². The fraction of sp³-hybridized carbons (Fsp3) is 0. The first-order chi connectivity index (χ1) is 13.6. The van der Waals surface area contributed by atoms with Crippen LogP contribution in [0.5, 0.6) is 5.75 Å². The molecule has 28 heavy (non-hydrogen) atoms. The Morgan fingerprint density at radius 2 is 1.50 bits per heavy atom. The summed E-state index contributed by atoms with van der Waals surface area (Å²) in [6, 6.07) is 22.7. The zero-order valence-corrected chi connectivity index (χ0v) is 14.9. The molecule has 0 aliphatic carbocycles. The normalized spacial score (nSPS) is 11.0. The SMILES string of the molecule is O=C(C=Cc1ccccc1)Oc1ccc(C=Nc2ccc(C(=O)O)cc2)cc1. The number of nitrogens with zero attached hydrogens (tertiary/aromatic N) is 1. The third kappa shape index (κ3) is 5.51. The van der Waals surface area contributed by atoms with Crippen molar-refractivity contribution in [2.24, 2.45) is 4.99 Å². The van der Waals surface area contributed by atoms with Crippen molar-refractivity contribution in [3.8, 4) is 5.75 Å². The van der Waals surface area contributed by atoms with Gasteiger partial charge >= 0.3 is 11.9 Å². The van der Waals surface area contributed by atoms with Gasteiger partial charge in [0.25, 0.3) is 0 Å². The van der Waals surface area contributed by atoms with Crippen molar-refractivity contribution in [3.63, 3.8) is 0 Å². The van der Waals surface area contributed by atoms with Gasteiger partial charge in [-0.2, -0.15) is 0 Å². The molecule has 0 radical (unpaired) electrons. The van der Waals surface area contributed by atoms with E-state index in [1.54, 1.807) is 48.7 Å². The highest BCUT2D eigenvalue weighted by Gasteiger charge is 2.02. The average Bonchev–Trinajstić information content (AvgIpc) is 2.73. The Bertz CT molecular complexity index is 1000. The molecule has 0 aromatic heterocycles. The molecule has 0 aliphatic rings. The molecular formula is C23H17NO4. The highest BCUT2D eigenvalue weighted by atomic mass is 16.5. The molecule has 1 N–H and O–H groups in total. The van der Waals surface area contributed by atoms with Crippen LogP contribution < -0.4 is 4.74 Å². The fourth-order valence-corrected chi connectivity index (χ4v) is 2.34. The van der Waals surface area contributed by atoms with E-state index < -0.39 is 11.9 Å². The van der Waals surface area contributed by atoms with Crippen LogP contribution in [0, 0.1) is 0 Å². The predicted molar refractivity (Wildman–Crippen MR) is 108 cm³/mol. The average molecular weight is 371 g/mol. The van der Waals surface area contributed by atoms with Crippen LogP contribution in [0.15, 0.2) is 89.9 Å². The summed E-state index contributed by atoms with van der Waals surface area (Å²) in [4.78, 5) is 27.0. The number of ether oxygens (including phenoxy) is 1.